The van der Waals surface area contributed by atoms with Gasteiger partial charge in [-0.25, -0.2) is 4.31 Å². The number of rotatable bonds is 11. The first-order valence-electron chi connectivity index (χ1n) is 11.8. The van der Waals surface area contributed by atoms with Crippen LogP contribution in [0.4, 0.5) is 5.69 Å². The molecule has 8 nitrogen and oxygen atoms in total. The van der Waals surface area contributed by atoms with Gasteiger partial charge in [0, 0.05) is 31.7 Å². The molecule has 198 valence electrons. The maximum atomic E-state index is 13.8. The van der Waals surface area contributed by atoms with Crippen LogP contribution in [0.1, 0.15) is 37.5 Å². The smallest absolute Gasteiger partial charge is 0.304 e. The van der Waals surface area contributed by atoms with Crippen LogP contribution in [0.2, 0.25) is 0 Å². The van der Waals surface area contributed by atoms with Crippen LogP contribution in [-0.4, -0.2) is 62.7 Å². The first-order valence-corrected chi connectivity index (χ1v) is 14.0. The van der Waals surface area contributed by atoms with Crippen LogP contribution in [0.15, 0.2) is 46.9 Å². The Morgan fingerprint density at radius 2 is 1.61 bits per heavy atom. The van der Waals surface area contributed by atoms with E-state index in [0.717, 1.165) is 29.8 Å². The van der Waals surface area contributed by atoms with Crippen LogP contribution in [-0.2, 0) is 26.3 Å². The molecule has 10 heteroatoms. The molecule has 0 aliphatic carbocycles. The Balaban J connectivity index is 2.48. The third-order valence-corrected chi connectivity index (χ3v) is 8.10. The molecule has 2 aromatic carbocycles. The summed E-state index contributed by atoms with van der Waals surface area (Å²) < 4.78 is 29.7. The Labute approximate surface area is 224 Å². The highest BCUT2D eigenvalue weighted by Crippen LogP contribution is 2.26. The number of hydrogen-bond acceptors (Lipinski definition) is 4. The van der Waals surface area contributed by atoms with Crippen molar-refractivity contribution in [2.45, 2.75) is 47.2 Å². The summed E-state index contributed by atoms with van der Waals surface area (Å²) in [5.41, 5.74) is 2.84. The molecule has 0 radical (unpaired) electrons. The van der Waals surface area contributed by atoms with Gasteiger partial charge >= 0.3 is 10.2 Å². The number of halogens is 1. The van der Waals surface area contributed by atoms with Crippen LogP contribution < -0.4 is 9.62 Å². The minimum Gasteiger partial charge on any atom is -0.354 e. The number of carbonyl (C=O) groups is 2. The van der Waals surface area contributed by atoms with Crippen molar-refractivity contribution in [2.75, 3.05) is 31.5 Å². The number of hydrogen-bond donors (Lipinski definition) is 1. The molecule has 0 bridgehead atoms. The predicted octanol–water partition coefficient (Wildman–Crippen LogP) is 3.87. The van der Waals surface area contributed by atoms with E-state index in [-0.39, 0.29) is 18.4 Å². The summed E-state index contributed by atoms with van der Waals surface area (Å²) in [6.45, 7) is 9.51. The highest BCUT2D eigenvalue weighted by Gasteiger charge is 2.33. The van der Waals surface area contributed by atoms with E-state index in [2.05, 4.69) is 21.2 Å². The Morgan fingerprint density at radius 3 is 2.17 bits per heavy atom. The molecule has 2 aromatic rings. The molecule has 0 unspecified atom stereocenters. The predicted molar refractivity (Wildman–Crippen MR) is 148 cm³/mol. The number of benzene rings is 2. The lowest BCUT2D eigenvalue weighted by molar-refractivity contribution is -0.139. The van der Waals surface area contributed by atoms with Gasteiger partial charge in [-0.1, -0.05) is 54.0 Å². The van der Waals surface area contributed by atoms with Gasteiger partial charge in [0.1, 0.15) is 12.6 Å². The summed E-state index contributed by atoms with van der Waals surface area (Å²) in [4.78, 5) is 28.1. The summed E-state index contributed by atoms with van der Waals surface area (Å²) in [6.07, 6.45) is 0. The van der Waals surface area contributed by atoms with E-state index < -0.39 is 28.7 Å². The van der Waals surface area contributed by atoms with Crippen molar-refractivity contribution >= 4 is 43.6 Å². The highest BCUT2D eigenvalue weighted by atomic mass is 79.9. The second-order valence-corrected chi connectivity index (χ2v) is 12.5. The molecule has 0 aromatic heterocycles. The van der Waals surface area contributed by atoms with E-state index in [9.17, 15) is 18.0 Å². The minimum absolute atomic E-state index is 0.158. The zero-order valence-electron chi connectivity index (χ0n) is 22.1. The standard InChI is InChI=1S/C26H37BrN4O4S/c1-18(2)15-28-26(33)21(5)30(16-22-10-12-23(27)13-11-22)25(32)17-31(36(34,35)29(6)7)24-14-19(3)8-9-20(24)4/h8-14,18,21H,15-17H2,1-7H3,(H,28,33)/t21-/m0/s1. The fourth-order valence-electron chi connectivity index (χ4n) is 3.51. The quantitative estimate of drug-likeness (QED) is 0.437. The largest absolute Gasteiger partial charge is 0.354 e. The Hall–Kier alpha value is -2.43. The number of carbonyl (C=O) groups excluding carboxylic acids is 2. The van der Waals surface area contributed by atoms with Gasteiger partial charge in [-0.3, -0.25) is 9.59 Å². The van der Waals surface area contributed by atoms with Gasteiger partial charge in [-0.05, 0) is 61.6 Å². The Bertz CT molecular complexity index is 1170. The third kappa shape index (κ3) is 7.78. The molecule has 0 heterocycles. The van der Waals surface area contributed by atoms with Gasteiger partial charge in [0.05, 0.1) is 5.69 Å². The monoisotopic (exact) mass is 580 g/mol. The average Bonchev–Trinajstić information content (AvgIpc) is 2.81. The Kier molecular flexibility index (Phi) is 10.5. The van der Waals surface area contributed by atoms with Crippen molar-refractivity contribution in [3.05, 3.63) is 63.6 Å². The second-order valence-electron chi connectivity index (χ2n) is 9.55. The second kappa shape index (κ2) is 12.7. The molecule has 2 amide bonds. The molecule has 0 aliphatic rings. The van der Waals surface area contributed by atoms with Gasteiger partial charge in [0.15, 0.2) is 0 Å². The first-order chi connectivity index (χ1) is 16.7. The summed E-state index contributed by atoms with van der Waals surface area (Å²) >= 11 is 3.41. The molecule has 2 rings (SSSR count). The van der Waals surface area contributed by atoms with Gasteiger partial charge < -0.3 is 10.2 Å². The Morgan fingerprint density at radius 1 is 1.00 bits per heavy atom. The van der Waals surface area contributed by atoms with Crippen molar-refractivity contribution < 1.29 is 18.0 Å². The fraction of sp³-hybridized carbons (Fsp3) is 0.462. The molecule has 0 saturated heterocycles. The zero-order chi connectivity index (χ0) is 27.2. The number of nitrogens with one attached hydrogen (secondary N) is 1. The minimum atomic E-state index is -3.99. The topological polar surface area (TPSA) is 90.0 Å². The van der Waals surface area contributed by atoms with Gasteiger partial charge in [-0.15, -0.1) is 0 Å². The lowest BCUT2D eigenvalue weighted by Crippen LogP contribution is -2.52. The number of amides is 2. The van der Waals surface area contributed by atoms with Crippen LogP contribution >= 0.6 is 15.9 Å². The summed E-state index contributed by atoms with van der Waals surface area (Å²) in [7, 11) is -1.13. The molecule has 1 N–H and O–H groups in total. The van der Waals surface area contributed by atoms with Crippen LogP contribution in [0.3, 0.4) is 0 Å². The molecule has 36 heavy (non-hydrogen) atoms. The molecule has 0 aliphatic heterocycles. The highest BCUT2D eigenvalue weighted by molar-refractivity contribution is 9.10. The molecule has 0 fully saturated rings. The lowest BCUT2D eigenvalue weighted by atomic mass is 10.1. The number of aryl methyl sites for hydroxylation is 2. The van der Waals surface area contributed by atoms with E-state index >= 15 is 0 Å². The molecular weight excluding hydrogens is 544 g/mol. The molecule has 0 spiro atoms. The van der Waals surface area contributed by atoms with E-state index in [1.54, 1.807) is 19.9 Å². The van der Waals surface area contributed by atoms with E-state index in [4.69, 9.17) is 0 Å². The van der Waals surface area contributed by atoms with E-state index in [1.807, 2.05) is 57.2 Å². The molecule has 0 saturated carbocycles. The summed E-state index contributed by atoms with van der Waals surface area (Å²) in [6, 6.07) is 12.1. The van der Waals surface area contributed by atoms with Crippen molar-refractivity contribution in [3.8, 4) is 0 Å². The van der Waals surface area contributed by atoms with Crippen LogP contribution in [0.5, 0.6) is 0 Å². The van der Waals surface area contributed by atoms with E-state index in [1.165, 1.54) is 19.0 Å². The summed E-state index contributed by atoms with van der Waals surface area (Å²) in [5.74, 6) is -0.513. The zero-order valence-corrected chi connectivity index (χ0v) is 24.5. The third-order valence-electron chi connectivity index (χ3n) is 5.77. The van der Waals surface area contributed by atoms with Crippen molar-refractivity contribution in [1.29, 1.82) is 0 Å². The maximum absolute atomic E-state index is 13.8. The SMILES string of the molecule is Cc1ccc(C)c(N(CC(=O)N(Cc2ccc(Br)cc2)[C@@H](C)C(=O)NCC(C)C)S(=O)(=O)N(C)C)c1. The van der Waals surface area contributed by atoms with Crippen LogP contribution in [0.25, 0.3) is 0 Å². The van der Waals surface area contributed by atoms with Gasteiger partial charge in [0.25, 0.3) is 0 Å². The molecule has 1 atom stereocenters. The normalized spacial score (nSPS) is 12.5. The van der Waals surface area contributed by atoms with Crippen molar-refractivity contribution in [3.63, 3.8) is 0 Å². The summed E-state index contributed by atoms with van der Waals surface area (Å²) in [5, 5.41) is 2.88. The van der Waals surface area contributed by atoms with E-state index in [0.29, 0.717) is 12.2 Å². The maximum Gasteiger partial charge on any atom is 0.304 e. The first kappa shape index (κ1) is 29.8. The van der Waals surface area contributed by atoms with Gasteiger partial charge in [-0.2, -0.15) is 12.7 Å². The van der Waals surface area contributed by atoms with Crippen molar-refractivity contribution in [2.24, 2.45) is 5.92 Å². The molecular formula is C26H37BrN4O4S. The number of nitrogens with zero attached hydrogens (tertiary/aromatic N) is 3. The van der Waals surface area contributed by atoms with Crippen LogP contribution in [0, 0.1) is 19.8 Å². The van der Waals surface area contributed by atoms with Gasteiger partial charge in [0.2, 0.25) is 11.8 Å². The number of anilines is 1. The average molecular weight is 582 g/mol. The fourth-order valence-corrected chi connectivity index (χ4v) is 4.89. The lowest BCUT2D eigenvalue weighted by Gasteiger charge is -2.33. The van der Waals surface area contributed by atoms with Crippen molar-refractivity contribution in [1.82, 2.24) is 14.5 Å².